The number of aromatic nitrogens is 3. The molecule has 1 aromatic heterocycles. The zero-order chi connectivity index (χ0) is 22.2. The third kappa shape index (κ3) is 4.60. The van der Waals surface area contributed by atoms with E-state index in [4.69, 9.17) is 12.2 Å². The molecule has 2 heterocycles. The van der Waals surface area contributed by atoms with Gasteiger partial charge in [-0.25, -0.2) is 21.9 Å². The third-order valence-corrected chi connectivity index (χ3v) is 7.62. The van der Waals surface area contributed by atoms with Gasteiger partial charge in [0.15, 0.2) is 15.7 Å². The lowest BCUT2D eigenvalue weighted by atomic mass is 10.2. The minimum Gasteiger partial charge on any atom is -0.281 e. The Morgan fingerprint density at radius 1 is 1.10 bits per heavy atom. The van der Waals surface area contributed by atoms with Crippen LogP contribution in [0.3, 0.4) is 0 Å². The summed E-state index contributed by atoms with van der Waals surface area (Å²) >= 11 is 5.69. The van der Waals surface area contributed by atoms with E-state index < -0.39 is 9.84 Å². The summed E-state index contributed by atoms with van der Waals surface area (Å²) in [5.41, 5.74) is 1.28. The molecule has 1 aliphatic heterocycles. The van der Waals surface area contributed by atoms with E-state index in [2.05, 4.69) is 5.10 Å². The van der Waals surface area contributed by atoms with Crippen molar-refractivity contribution in [3.8, 4) is 17.1 Å². The van der Waals surface area contributed by atoms with Gasteiger partial charge in [0, 0.05) is 11.6 Å². The van der Waals surface area contributed by atoms with Crippen molar-refractivity contribution >= 4 is 22.1 Å². The minimum absolute atomic E-state index is 0.0952. The highest BCUT2D eigenvalue weighted by Gasteiger charge is 2.32. The lowest BCUT2D eigenvalue weighted by Gasteiger charge is -2.26. The Hall–Kier alpha value is -2.43. The number of sulfone groups is 1. The molecule has 0 amide bonds. The lowest BCUT2D eigenvalue weighted by molar-refractivity contribution is 0.164. The van der Waals surface area contributed by atoms with Crippen molar-refractivity contribution < 1.29 is 17.2 Å². The average molecular weight is 465 g/mol. The molecule has 10 heteroatoms. The van der Waals surface area contributed by atoms with Gasteiger partial charge in [0.25, 0.3) is 0 Å². The van der Waals surface area contributed by atoms with Crippen molar-refractivity contribution in [2.75, 3.05) is 18.1 Å². The van der Waals surface area contributed by atoms with E-state index in [1.165, 1.54) is 24.3 Å². The number of hydrogen-bond donors (Lipinski definition) is 0. The van der Waals surface area contributed by atoms with Crippen LogP contribution >= 0.6 is 12.2 Å². The second-order valence-electron chi connectivity index (χ2n) is 7.53. The predicted molar refractivity (Wildman–Crippen MR) is 117 cm³/mol. The molecule has 0 bridgehead atoms. The van der Waals surface area contributed by atoms with Crippen molar-refractivity contribution in [1.82, 2.24) is 19.2 Å². The second-order valence-corrected chi connectivity index (χ2v) is 10.1. The van der Waals surface area contributed by atoms with Gasteiger partial charge < -0.3 is 0 Å². The van der Waals surface area contributed by atoms with Crippen LogP contribution in [0.2, 0.25) is 0 Å². The molecular weight excluding hydrogens is 442 g/mol. The summed E-state index contributed by atoms with van der Waals surface area (Å²) in [4.78, 5) is 2.04. The fourth-order valence-corrected chi connectivity index (χ4v) is 5.87. The molecule has 1 atom stereocenters. The smallest absolute Gasteiger partial charge is 0.204 e. The molecule has 4 rings (SSSR count). The fourth-order valence-electron chi connectivity index (χ4n) is 3.82. The first-order valence-electron chi connectivity index (χ1n) is 9.93. The van der Waals surface area contributed by atoms with Gasteiger partial charge in [0.2, 0.25) is 4.77 Å². The largest absolute Gasteiger partial charge is 0.281 e. The first kappa shape index (κ1) is 21.8. The topological polar surface area (TPSA) is 60.1 Å². The zero-order valence-electron chi connectivity index (χ0n) is 16.9. The summed E-state index contributed by atoms with van der Waals surface area (Å²) in [6.07, 6.45) is 0.576. The van der Waals surface area contributed by atoms with Crippen LogP contribution in [0.4, 0.5) is 8.78 Å². The summed E-state index contributed by atoms with van der Waals surface area (Å²) in [7, 11) is -3.02. The van der Waals surface area contributed by atoms with E-state index in [0.29, 0.717) is 41.5 Å². The fraction of sp³-hybridized carbons (Fsp3) is 0.333. The Bertz CT molecular complexity index is 1240. The van der Waals surface area contributed by atoms with Crippen LogP contribution in [0, 0.1) is 16.4 Å². The van der Waals surface area contributed by atoms with Gasteiger partial charge in [-0.05, 0) is 73.7 Å². The number of benzene rings is 2. The van der Waals surface area contributed by atoms with E-state index in [0.717, 1.165) is 0 Å². The Kier molecular flexibility index (Phi) is 6.05. The Balaban J connectivity index is 1.76. The van der Waals surface area contributed by atoms with Crippen molar-refractivity contribution in [2.45, 2.75) is 26.1 Å². The molecule has 0 radical (unpaired) electrons. The molecule has 1 fully saturated rings. The van der Waals surface area contributed by atoms with Gasteiger partial charge in [-0.2, -0.15) is 0 Å². The molecular formula is C21H22F2N4O2S2. The molecule has 164 valence electrons. The Morgan fingerprint density at radius 3 is 2.26 bits per heavy atom. The molecule has 1 saturated heterocycles. The summed E-state index contributed by atoms with van der Waals surface area (Å²) in [5.74, 6) is 0.0641. The van der Waals surface area contributed by atoms with Gasteiger partial charge in [-0.3, -0.25) is 9.47 Å². The van der Waals surface area contributed by atoms with Crippen molar-refractivity contribution in [3.63, 3.8) is 0 Å². The highest BCUT2D eigenvalue weighted by atomic mass is 32.2. The standard InChI is InChI=1S/C21H22F2N4O2S2/c1-2-25(19-11-12-31(28,29)13-19)14-26-21(30)27(18-9-7-17(23)8-10-18)20(24-26)15-3-5-16(22)6-4-15/h3-10,19H,2,11-14H2,1H3/t19-/m0/s1. The van der Waals surface area contributed by atoms with Crippen molar-refractivity contribution in [2.24, 2.45) is 0 Å². The van der Waals surface area contributed by atoms with Crippen LogP contribution in [-0.2, 0) is 16.5 Å². The van der Waals surface area contributed by atoms with Gasteiger partial charge in [-0.1, -0.05) is 6.92 Å². The molecule has 0 unspecified atom stereocenters. The molecule has 0 aliphatic carbocycles. The van der Waals surface area contributed by atoms with E-state index in [-0.39, 0.29) is 29.2 Å². The molecule has 3 aromatic rings. The number of hydrogen-bond acceptors (Lipinski definition) is 5. The van der Waals surface area contributed by atoms with Crippen LogP contribution in [0.25, 0.3) is 17.1 Å². The normalized spacial score (nSPS) is 18.0. The molecule has 2 aromatic carbocycles. The molecule has 6 nitrogen and oxygen atoms in total. The second kappa shape index (κ2) is 8.60. The van der Waals surface area contributed by atoms with Crippen LogP contribution < -0.4 is 0 Å². The molecule has 0 spiro atoms. The van der Waals surface area contributed by atoms with Crippen molar-refractivity contribution in [3.05, 3.63) is 64.9 Å². The molecule has 1 aliphatic rings. The zero-order valence-corrected chi connectivity index (χ0v) is 18.5. The maximum absolute atomic E-state index is 13.5. The maximum Gasteiger partial charge on any atom is 0.204 e. The van der Waals surface area contributed by atoms with Crippen molar-refractivity contribution in [1.29, 1.82) is 0 Å². The third-order valence-electron chi connectivity index (χ3n) is 5.47. The summed E-state index contributed by atoms with van der Waals surface area (Å²) in [6.45, 7) is 2.92. The monoisotopic (exact) mass is 464 g/mol. The van der Waals surface area contributed by atoms with Crippen LogP contribution in [0.5, 0.6) is 0 Å². The molecule has 0 N–H and O–H groups in total. The van der Waals surface area contributed by atoms with Gasteiger partial charge in [0.05, 0.1) is 23.9 Å². The summed E-state index contributed by atoms with van der Waals surface area (Å²) in [5, 5.41) is 4.67. The highest BCUT2D eigenvalue weighted by Crippen LogP contribution is 2.24. The predicted octanol–water partition coefficient (Wildman–Crippen LogP) is 3.81. The van der Waals surface area contributed by atoms with E-state index >= 15 is 0 Å². The molecule has 31 heavy (non-hydrogen) atoms. The summed E-state index contributed by atoms with van der Waals surface area (Å²) in [6, 6.07) is 11.7. The van der Waals surface area contributed by atoms with Gasteiger partial charge in [0.1, 0.15) is 11.6 Å². The maximum atomic E-state index is 13.5. The van der Waals surface area contributed by atoms with Gasteiger partial charge >= 0.3 is 0 Å². The van der Waals surface area contributed by atoms with Crippen LogP contribution in [0.1, 0.15) is 13.3 Å². The Labute approximate surface area is 184 Å². The SMILES string of the molecule is CCN(Cn1nc(-c2ccc(F)cc2)n(-c2ccc(F)cc2)c1=S)[C@H]1CCS(=O)(=O)C1. The average Bonchev–Trinajstić information content (AvgIpc) is 3.26. The van der Waals surface area contributed by atoms with Crippen LogP contribution in [0.15, 0.2) is 48.5 Å². The molecule has 0 saturated carbocycles. The first-order valence-corrected chi connectivity index (χ1v) is 12.2. The highest BCUT2D eigenvalue weighted by molar-refractivity contribution is 7.91. The minimum atomic E-state index is -3.02. The van der Waals surface area contributed by atoms with E-state index in [1.807, 2.05) is 11.8 Å². The van der Waals surface area contributed by atoms with Gasteiger partial charge in [-0.15, -0.1) is 5.10 Å². The lowest BCUT2D eigenvalue weighted by Crippen LogP contribution is -2.37. The van der Waals surface area contributed by atoms with Crippen LogP contribution in [-0.4, -0.2) is 51.8 Å². The Morgan fingerprint density at radius 2 is 1.71 bits per heavy atom. The summed E-state index contributed by atoms with van der Waals surface area (Å²) < 4.78 is 54.5. The number of halogens is 2. The van der Waals surface area contributed by atoms with E-state index in [1.54, 1.807) is 33.5 Å². The first-order chi connectivity index (χ1) is 14.8. The van der Waals surface area contributed by atoms with E-state index in [9.17, 15) is 17.2 Å². The number of nitrogens with zero attached hydrogens (tertiary/aromatic N) is 4. The quantitative estimate of drug-likeness (QED) is 0.519. The number of rotatable bonds is 6.